The normalized spacial score (nSPS) is 18.4. The Morgan fingerprint density at radius 2 is 1.80 bits per heavy atom. The van der Waals surface area contributed by atoms with Crippen molar-refractivity contribution in [2.75, 3.05) is 26.3 Å². The van der Waals surface area contributed by atoms with Crippen molar-refractivity contribution in [1.82, 2.24) is 4.90 Å². The average Bonchev–Trinajstić information content (AvgIpc) is 3.15. The third kappa shape index (κ3) is 6.16. The van der Waals surface area contributed by atoms with Crippen molar-refractivity contribution in [3.8, 4) is 5.75 Å². The Morgan fingerprint density at radius 3 is 2.48 bits per heavy atom. The molecule has 2 unspecified atom stereocenters. The van der Waals surface area contributed by atoms with Crippen molar-refractivity contribution in [3.63, 3.8) is 0 Å². The molecule has 1 N–H and O–H groups in total. The van der Waals surface area contributed by atoms with Crippen molar-refractivity contribution >= 4 is 0 Å². The smallest absolute Gasteiger partial charge is 0.119 e. The SMILES string of the molecule is OC(COc1ccccc1)CN(Cc1ccccc1)CC1CCCO1. The van der Waals surface area contributed by atoms with E-state index in [4.69, 9.17) is 9.47 Å². The molecule has 3 rings (SSSR count). The summed E-state index contributed by atoms with van der Waals surface area (Å²) in [6.07, 6.45) is 1.96. The van der Waals surface area contributed by atoms with Gasteiger partial charge in [0.15, 0.2) is 0 Å². The van der Waals surface area contributed by atoms with Gasteiger partial charge < -0.3 is 14.6 Å². The molecule has 0 amide bonds. The van der Waals surface area contributed by atoms with Crippen LogP contribution in [0.5, 0.6) is 5.75 Å². The Hall–Kier alpha value is -1.88. The van der Waals surface area contributed by atoms with Crippen LogP contribution in [0.25, 0.3) is 0 Å². The average molecular weight is 341 g/mol. The first-order valence-electron chi connectivity index (χ1n) is 9.03. The minimum Gasteiger partial charge on any atom is -0.491 e. The van der Waals surface area contributed by atoms with Crippen LogP contribution in [0.1, 0.15) is 18.4 Å². The molecule has 1 heterocycles. The maximum absolute atomic E-state index is 10.4. The largest absolute Gasteiger partial charge is 0.491 e. The fourth-order valence-corrected chi connectivity index (χ4v) is 3.18. The van der Waals surface area contributed by atoms with Crippen molar-refractivity contribution in [1.29, 1.82) is 0 Å². The molecule has 0 aromatic heterocycles. The van der Waals surface area contributed by atoms with Gasteiger partial charge >= 0.3 is 0 Å². The van der Waals surface area contributed by atoms with E-state index >= 15 is 0 Å². The standard InChI is InChI=1S/C21H27NO3/c23-19(17-25-20-10-5-2-6-11-20)15-22(16-21-12-7-13-24-21)14-18-8-3-1-4-9-18/h1-6,8-11,19,21,23H,7,12-17H2. The Morgan fingerprint density at radius 1 is 1.08 bits per heavy atom. The van der Waals surface area contributed by atoms with Crippen molar-refractivity contribution in [3.05, 3.63) is 66.2 Å². The van der Waals surface area contributed by atoms with Gasteiger partial charge in [0.1, 0.15) is 18.5 Å². The molecule has 0 spiro atoms. The van der Waals surface area contributed by atoms with E-state index in [1.165, 1.54) is 5.56 Å². The zero-order chi connectivity index (χ0) is 17.3. The lowest BCUT2D eigenvalue weighted by Crippen LogP contribution is -2.39. The molecule has 0 aliphatic carbocycles. The highest BCUT2D eigenvalue weighted by atomic mass is 16.5. The second-order valence-corrected chi connectivity index (χ2v) is 6.59. The number of benzene rings is 2. The first-order chi connectivity index (χ1) is 12.3. The van der Waals surface area contributed by atoms with Crippen LogP contribution < -0.4 is 4.74 Å². The van der Waals surface area contributed by atoms with Crippen molar-refractivity contribution in [2.24, 2.45) is 0 Å². The first-order valence-corrected chi connectivity index (χ1v) is 9.03. The van der Waals surface area contributed by atoms with E-state index in [0.717, 1.165) is 38.3 Å². The van der Waals surface area contributed by atoms with Gasteiger partial charge in [0, 0.05) is 26.2 Å². The third-order valence-electron chi connectivity index (χ3n) is 4.39. The number of para-hydroxylation sites is 1. The molecule has 4 nitrogen and oxygen atoms in total. The van der Waals surface area contributed by atoms with Crippen LogP contribution in [0.3, 0.4) is 0 Å². The predicted molar refractivity (Wildman–Crippen MR) is 98.6 cm³/mol. The zero-order valence-corrected chi connectivity index (χ0v) is 14.6. The summed E-state index contributed by atoms with van der Waals surface area (Å²) in [6.45, 7) is 3.37. The molecular formula is C21H27NO3. The Bertz CT molecular complexity index is 599. The summed E-state index contributed by atoms with van der Waals surface area (Å²) >= 11 is 0. The number of hydrogen-bond acceptors (Lipinski definition) is 4. The van der Waals surface area contributed by atoms with Gasteiger partial charge in [-0.15, -0.1) is 0 Å². The molecule has 1 fully saturated rings. The van der Waals surface area contributed by atoms with Crippen LogP contribution in [-0.2, 0) is 11.3 Å². The summed E-state index contributed by atoms with van der Waals surface area (Å²) < 4.78 is 11.5. The summed E-state index contributed by atoms with van der Waals surface area (Å²) in [5.41, 5.74) is 1.25. The molecule has 0 saturated carbocycles. The number of ether oxygens (including phenoxy) is 2. The van der Waals surface area contributed by atoms with Gasteiger partial charge in [-0.3, -0.25) is 4.90 Å². The van der Waals surface area contributed by atoms with Crippen LogP contribution in [0, 0.1) is 0 Å². The second kappa shape index (κ2) is 9.56. The van der Waals surface area contributed by atoms with Gasteiger partial charge in [-0.25, -0.2) is 0 Å². The van der Waals surface area contributed by atoms with Gasteiger partial charge in [0.25, 0.3) is 0 Å². The molecule has 1 aliphatic heterocycles. The summed E-state index contributed by atoms with van der Waals surface area (Å²) in [5.74, 6) is 0.787. The van der Waals surface area contributed by atoms with Crippen LogP contribution in [0.2, 0.25) is 0 Å². The van der Waals surface area contributed by atoms with Gasteiger partial charge in [0.05, 0.1) is 6.10 Å². The highest BCUT2D eigenvalue weighted by molar-refractivity contribution is 5.21. The van der Waals surface area contributed by atoms with Crippen molar-refractivity contribution in [2.45, 2.75) is 31.6 Å². The lowest BCUT2D eigenvalue weighted by atomic mass is 10.1. The maximum Gasteiger partial charge on any atom is 0.119 e. The highest BCUT2D eigenvalue weighted by Gasteiger charge is 2.21. The van der Waals surface area contributed by atoms with E-state index in [1.54, 1.807) is 0 Å². The molecule has 2 atom stereocenters. The second-order valence-electron chi connectivity index (χ2n) is 6.59. The van der Waals surface area contributed by atoms with Gasteiger partial charge in [0.2, 0.25) is 0 Å². The molecule has 25 heavy (non-hydrogen) atoms. The predicted octanol–water partition coefficient (Wildman–Crippen LogP) is 3.11. The summed E-state index contributed by atoms with van der Waals surface area (Å²) in [5, 5.41) is 10.4. The maximum atomic E-state index is 10.4. The van der Waals surface area contributed by atoms with Crippen molar-refractivity contribution < 1.29 is 14.6 Å². The summed E-state index contributed by atoms with van der Waals surface area (Å²) in [7, 11) is 0. The first kappa shape index (κ1) is 17.9. The molecular weight excluding hydrogens is 314 g/mol. The minimum atomic E-state index is -0.537. The van der Waals surface area contributed by atoms with E-state index in [2.05, 4.69) is 29.2 Å². The summed E-state index contributed by atoms with van der Waals surface area (Å²) in [6, 6.07) is 20.0. The van der Waals surface area contributed by atoms with Crippen LogP contribution in [0.4, 0.5) is 0 Å². The lowest BCUT2D eigenvalue weighted by molar-refractivity contribution is 0.0313. The Labute approximate surface area is 150 Å². The number of rotatable bonds is 9. The van der Waals surface area contributed by atoms with E-state index < -0.39 is 6.10 Å². The fraction of sp³-hybridized carbons (Fsp3) is 0.429. The van der Waals surface area contributed by atoms with Crippen LogP contribution >= 0.6 is 0 Å². The topological polar surface area (TPSA) is 41.9 Å². The molecule has 0 radical (unpaired) electrons. The number of aliphatic hydroxyl groups excluding tert-OH is 1. The molecule has 1 saturated heterocycles. The molecule has 4 heteroatoms. The fourth-order valence-electron chi connectivity index (χ4n) is 3.18. The van der Waals surface area contributed by atoms with E-state index in [0.29, 0.717) is 13.2 Å². The molecule has 2 aromatic rings. The van der Waals surface area contributed by atoms with Crippen LogP contribution in [0.15, 0.2) is 60.7 Å². The van der Waals surface area contributed by atoms with Gasteiger partial charge in [-0.2, -0.15) is 0 Å². The molecule has 2 aromatic carbocycles. The monoisotopic (exact) mass is 341 g/mol. The van der Waals surface area contributed by atoms with E-state index in [-0.39, 0.29) is 6.10 Å². The molecule has 0 bridgehead atoms. The Balaban J connectivity index is 1.53. The number of nitrogens with zero attached hydrogens (tertiary/aromatic N) is 1. The van der Waals surface area contributed by atoms with E-state index in [1.807, 2.05) is 36.4 Å². The van der Waals surface area contributed by atoms with Gasteiger partial charge in [-0.05, 0) is 30.5 Å². The lowest BCUT2D eigenvalue weighted by Gasteiger charge is -2.27. The highest BCUT2D eigenvalue weighted by Crippen LogP contribution is 2.16. The zero-order valence-electron chi connectivity index (χ0n) is 14.6. The molecule has 134 valence electrons. The molecule has 1 aliphatic rings. The minimum absolute atomic E-state index is 0.269. The number of aliphatic hydroxyl groups is 1. The van der Waals surface area contributed by atoms with E-state index in [9.17, 15) is 5.11 Å². The van der Waals surface area contributed by atoms with Crippen LogP contribution in [-0.4, -0.2) is 48.5 Å². The Kier molecular flexibility index (Phi) is 6.86. The third-order valence-corrected chi connectivity index (χ3v) is 4.39. The quantitative estimate of drug-likeness (QED) is 0.761. The van der Waals surface area contributed by atoms with Gasteiger partial charge in [-0.1, -0.05) is 48.5 Å². The summed E-state index contributed by atoms with van der Waals surface area (Å²) in [4.78, 5) is 2.27. The number of hydrogen-bond donors (Lipinski definition) is 1.